The molecule has 3 N–H and O–H groups in total. The quantitative estimate of drug-likeness (QED) is 0.806. The van der Waals surface area contributed by atoms with Crippen molar-refractivity contribution in [1.29, 1.82) is 0 Å². The number of halogens is 2. The highest BCUT2D eigenvalue weighted by Gasteiger charge is 2.40. The maximum atomic E-state index is 12.8. The van der Waals surface area contributed by atoms with Crippen LogP contribution >= 0.6 is 23.2 Å². The second-order valence-electron chi connectivity index (χ2n) is 4.69. The molecule has 1 aliphatic heterocycles. The van der Waals surface area contributed by atoms with E-state index in [0.717, 1.165) is 4.31 Å². The van der Waals surface area contributed by atoms with Gasteiger partial charge in [0.1, 0.15) is 10.9 Å². The zero-order chi connectivity index (χ0) is 15.8. The van der Waals surface area contributed by atoms with Crippen molar-refractivity contribution in [1.82, 2.24) is 9.62 Å². The maximum Gasteiger partial charge on any atom is 0.247 e. The van der Waals surface area contributed by atoms with Gasteiger partial charge in [-0.25, -0.2) is 8.42 Å². The molecule has 0 bridgehead atoms. The van der Waals surface area contributed by atoms with E-state index in [-0.39, 0.29) is 33.1 Å². The third-order valence-corrected chi connectivity index (χ3v) is 6.01. The lowest BCUT2D eigenvalue weighted by Crippen LogP contribution is -2.45. The molecule has 9 heteroatoms. The Morgan fingerprint density at radius 2 is 2.10 bits per heavy atom. The van der Waals surface area contributed by atoms with E-state index in [2.05, 4.69) is 5.32 Å². The van der Waals surface area contributed by atoms with Gasteiger partial charge in [0.2, 0.25) is 15.9 Å². The second-order valence-corrected chi connectivity index (χ2v) is 7.37. The largest absolute Gasteiger partial charge is 0.398 e. The molecule has 1 atom stereocenters. The molecule has 1 aliphatic rings. The average Bonchev–Trinajstić information content (AvgIpc) is 2.86. The molecule has 0 aliphatic carbocycles. The number of nitrogen functional groups attached to an aromatic ring is 1. The predicted octanol–water partition coefficient (Wildman–Crippen LogP) is 1.47. The number of rotatable bonds is 3. The van der Waals surface area contributed by atoms with Gasteiger partial charge in [-0.05, 0) is 25.0 Å². The second kappa shape index (κ2) is 6.00. The monoisotopic (exact) mass is 351 g/mol. The van der Waals surface area contributed by atoms with Crippen LogP contribution in [0.25, 0.3) is 0 Å². The van der Waals surface area contributed by atoms with Gasteiger partial charge in [-0.15, -0.1) is 0 Å². The Hall–Kier alpha value is -1.02. The summed E-state index contributed by atoms with van der Waals surface area (Å²) >= 11 is 11.8. The zero-order valence-corrected chi connectivity index (χ0v) is 13.6. The Kier molecular flexibility index (Phi) is 4.67. The van der Waals surface area contributed by atoms with E-state index in [1.54, 1.807) is 0 Å². The Morgan fingerprint density at radius 1 is 1.43 bits per heavy atom. The van der Waals surface area contributed by atoms with Crippen LogP contribution in [0, 0.1) is 0 Å². The van der Waals surface area contributed by atoms with Crippen LogP contribution in [-0.4, -0.2) is 38.3 Å². The average molecular weight is 352 g/mol. The molecule has 1 fully saturated rings. The number of nitrogens with two attached hydrogens (primary N) is 1. The fraction of sp³-hybridized carbons (Fsp3) is 0.417. The molecule has 1 aromatic rings. The van der Waals surface area contributed by atoms with Crippen molar-refractivity contribution in [2.45, 2.75) is 23.8 Å². The summed E-state index contributed by atoms with van der Waals surface area (Å²) in [6.45, 7) is 0.249. The number of likely N-dealkylation sites (N-methyl/N-ethyl adjacent to an activating group) is 1. The van der Waals surface area contributed by atoms with Gasteiger partial charge < -0.3 is 11.1 Å². The van der Waals surface area contributed by atoms with Gasteiger partial charge in [0.15, 0.2) is 0 Å². The Morgan fingerprint density at radius 3 is 2.67 bits per heavy atom. The fourth-order valence-corrected chi connectivity index (χ4v) is 5.03. The van der Waals surface area contributed by atoms with E-state index < -0.39 is 16.1 Å². The zero-order valence-electron chi connectivity index (χ0n) is 11.3. The normalized spacial score (nSPS) is 19.7. The van der Waals surface area contributed by atoms with Crippen LogP contribution < -0.4 is 11.1 Å². The standard InChI is InChI=1S/C12H15Cl2N3O3S/c1-16-12(18)10-3-2-4-17(10)21(19,20)11-8(14)5-7(13)6-9(11)15/h5-6,10H,2-4,15H2,1H3,(H,16,18). The number of nitrogens with one attached hydrogen (secondary N) is 1. The fourth-order valence-electron chi connectivity index (χ4n) is 2.43. The van der Waals surface area contributed by atoms with Gasteiger partial charge in [-0.3, -0.25) is 4.79 Å². The maximum absolute atomic E-state index is 12.8. The number of carbonyl (C=O) groups excluding carboxylic acids is 1. The highest BCUT2D eigenvalue weighted by molar-refractivity contribution is 7.89. The summed E-state index contributed by atoms with van der Waals surface area (Å²) < 4.78 is 26.6. The number of anilines is 1. The molecule has 1 unspecified atom stereocenters. The van der Waals surface area contributed by atoms with Crippen molar-refractivity contribution >= 4 is 44.8 Å². The third-order valence-electron chi connectivity index (χ3n) is 3.36. The van der Waals surface area contributed by atoms with Gasteiger partial charge in [0.25, 0.3) is 0 Å². The lowest BCUT2D eigenvalue weighted by atomic mass is 10.2. The minimum Gasteiger partial charge on any atom is -0.398 e. The molecule has 2 rings (SSSR count). The topological polar surface area (TPSA) is 92.5 Å². The van der Waals surface area contributed by atoms with Crippen molar-refractivity contribution in [3.8, 4) is 0 Å². The smallest absolute Gasteiger partial charge is 0.247 e. The highest BCUT2D eigenvalue weighted by atomic mass is 35.5. The molecule has 1 heterocycles. The van der Waals surface area contributed by atoms with Crippen molar-refractivity contribution in [3.63, 3.8) is 0 Å². The minimum absolute atomic E-state index is 0.0324. The Balaban J connectivity index is 2.50. The molecule has 0 radical (unpaired) electrons. The summed E-state index contributed by atoms with van der Waals surface area (Å²) in [5, 5.41) is 2.67. The first-order valence-electron chi connectivity index (χ1n) is 6.27. The minimum atomic E-state index is -3.96. The van der Waals surface area contributed by atoms with E-state index in [1.807, 2.05) is 0 Å². The number of amides is 1. The lowest BCUT2D eigenvalue weighted by Gasteiger charge is -2.24. The van der Waals surface area contributed by atoms with Crippen LogP contribution in [0.4, 0.5) is 5.69 Å². The molecule has 1 saturated heterocycles. The third kappa shape index (κ3) is 2.96. The molecule has 0 aromatic heterocycles. The number of hydrogen-bond donors (Lipinski definition) is 2. The molecule has 0 spiro atoms. The van der Waals surface area contributed by atoms with Crippen molar-refractivity contribution in [3.05, 3.63) is 22.2 Å². The summed E-state index contributed by atoms with van der Waals surface area (Å²) in [7, 11) is -2.50. The first kappa shape index (κ1) is 16.4. The van der Waals surface area contributed by atoms with Crippen LogP contribution in [-0.2, 0) is 14.8 Å². The van der Waals surface area contributed by atoms with Crippen molar-refractivity contribution in [2.75, 3.05) is 19.3 Å². The van der Waals surface area contributed by atoms with Crippen molar-refractivity contribution in [2.24, 2.45) is 0 Å². The molecule has 21 heavy (non-hydrogen) atoms. The van der Waals surface area contributed by atoms with Crippen LogP contribution in [0.2, 0.25) is 10.0 Å². The Bertz CT molecular complexity index is 655. The van der Waals surface area contributed by atoms with Gasteiger partial charge in [-0.1, -0.05) is 23.2 Å². The van der Waals surface area contributed by atoms with Gasteiger partial charge in [0, 0.05) is 18.6 Å². The number of sulfonamides is 1. The number of benzene rings is 1. The first-order chi connectivity index (χ1) is 9.78. The van der Waals surface area contributed by atoms with E-state index in [4.69, 9.17) is 28.9 Å². The van der Waals surface area contributed by atoms with Gasteiger partial charge >= 0.3 is 0 Å². The number of hydrogen-bond acceptors (Lipinski definition) is 4. The molecule has 1 aromatic carbocycles. The van der Waals surface area contributed by atoms with Crippen molar-refractivity contribution < 1.29 is 13.2 Å². The molecule has 6 nitrogen and oxygen atoms in total. The van der Waals surface area contributed by atoms with Crippen LogP contribution in [0.5, 0.6) is 0 Å². The molecule has 116 valence electrons. The first-order valence-corrected chi connectivity index (χ1v) is 8.46. The molecule has 0 saturated carbocycles. The summed E-state index contributed by atoms with van der Waals surface area (Å²) in [6, 6.07) is 1.90. The summed E-state index contributed by atoms with van der Waals surface area (Å²) in [5.41, 5.74) is 5.72. The summed E-state index contributed by atoms with van der Waals surface area (Å²) in [5.74, 6) is -0.347. The van der Waals surface area contributed by atoms with E-state index in [1.165, 1.54) is 19.2 Å². The van der Waals surface area contributed by atoms with E-state index >= 15 is 0 Å². The SMILES string of the molecule is CNC(=O)C1CCCN1S(=O)(=O)c1c(N)cc(Cl)cc1Cl. The van der Waals surface area contributed by atoms with Gasteiger partial charge in [0.05, 0.1) is 10.7 Å². The van der Waals surface area contributed by atoms with Gasteiger partial charge in [-0.2, -0.15) is 4.31 Å². The molecule has 1 amide bonds. The van der Waals surface area contributed by atoms with Crippen LogP contribution in [0.3, 0.4) is 0 Å². The number of nitrogens with zero attached hydrogens (tertiary/aromatic N) is 1. The lowest BCUT2D eigenvalue weighted by molar-refractivity contribution is -0.123. The Labute approximate surface area is 133 Å². The molecular weight excluding hydrogens is 337 g/mol. The van der Waals surface area contributed by atoms with Crippen LogP contribution in [0.1, 0.15) is 12.8 Å². The predicted molar refractivity (Wildman–Crippen MR) is 81.9 cm³/mol. The van der Waals surface area contributed by atoms with E-state index in [0.29, 0.717) is 12.8 Å². The highest BCUT2D eigenvalue weighted by Crippen LogP contribution is 2.35. The summed E-state index contributed by atoms with van der Waals surface area (Å²) in [6.07, 6.45) is 1.06. The molecular formula is C12H15Cl2N3O3S. The summed E-state index contributed by atoms with van der Waals surface area (Å²) in [4.78, 5) is 11.6. The van der Waals surface area contributed by atoms with E-state index in [9.17, 15) is 13.2 Å². The number of carbonyl (C=O) groups is 1. The van der Waals surface area contributed by atoms with Crippen LogP contribution in [0.15, 0.2) is 17.0 Å².